The second-order valence-corrected chi connectivity index (χ2v) is 9.47. The molecule has 0 radical (unpaired) electrons. The molecule has 1 N–H and O–H groups in total. The van der Waals surface area contributed by atoms with E-state index in [-0.39, 0.29) is 11.4 Å². The Morgan fingerprint density at radius 3 is 2.58 bits per heavy atom. The van der Waals surface area contributed by atoms with Crippen LogP contribution in [0.4, 0.5) is 0 Å². The third-order valence-electron chi connectivity index (χ3n) is 5.65. The Bertz CT molecular complexity index is 972. The van der Waals surface area contributed by atoms with Crippen molar-refractivity contribution in [1.82, 2.24) is 19.0 Å². The molecule has 0 unspecified atom stereocenters. The Labute approximate surface area is 182 Å². The number of morpholine rings is 1. The lowest BCUT2D eigenvalue weighted by Gasteiger charge is -2.46. The van der Waals surface area contributed by atoms with Crippen LogP contribution in [-0.4, -0.2) is 91.5 Å². The third-order valence-corrected chi connectivity index (χ3v) is 7.51. The van der Waals surface area contributed by atoms with Crippen LogP contribution in [0.3, 0.4) is 0 Å². The van der Waals surface area contributed by atoms with Gasteiger partial charge in [-0.3, -0.25) is 4.79 Å². The highest BCUT2D eigenvalue weighted by atomic mass is 32.2. The Balaban J connectivity index is 0.000000858. The SMILES string of the molecule is COc1ccc(-n2cccn2)cc1S(=O)(=O)N1CCOC2(CCN(C)CC2)C1.O=CO. The molecular weight excluding hydrogens is 424 g/mol. The average molecular weight is 453 g/mol. The van der Waals surface area contributed by atoms with E-state index < -0.39 is 15.6 Å². The maximum atomic E-state index is 13.5. The van der Waals surface area contributed by atoms with Crippen LogP contribution in [0.15, 0.2) is 41.6 Å². The van der Waals surface area contributed by atoms with Crippen molar-refractivity contribution in [2.75, 3.05) is 46.9 Å². The quantitative estimate of drug-likeness (QED) is 0.685. The Kier molecular flexibility index (Phi) is 7.31. The van der Waals surface area contributed by atoms with Gasteiger partial charge >= 0.3 is 0 Å². The average Bonchev–Trinajstić information content (AvgIpc) is 3.31. The molecule has 31 heavy (non-hydrogen) atoms. The van der Waals surface area contributed by atoms with E-state index in [1.807, 2.05) is 0 Å². The van der Waals surface area contributed by atoms with Crippen LogP contribution in [0.1, 0.15) is 12.8 Å². The first kappa shape index (κ1) is 23.2. The van der Waals surface area contributed by atoms with E-state index in [4.69, 9.17) is 19.4 Å². The number of carboxylic acid groups (broad SMARTS) is 1. The predicted octanol–water partition coefficient (Wildman–Crippen LogP) is 1.07. The van der Waals surface area contributed by atoms with Gasteiger partial charge in [0.25, 0.3) is 6.47 Å². The molecule has 2 saturated heterocycles. The van der Waals surface area contributed by atoms with E-state index in [1.165, 1.54) is 7.11 Å². The van der Waals surface area contributed by atoms with Gasteiger partial charge in [-0.15, -0.1) is 0 Å². The van der Waals surface area contributed by atoms with Crippen LogP contribution in [-0.2, 0) is 19.6 Å². The van der Waals surface area contributed by atoms with Gasteiger partial charge in [-0.05, 0) is 44.2 Å². The fourth-order valence-electron chi connectivity index (χ4n) is 3.91. The number of benzene rings is 1. The second-order valence-electron chi connectivity index (χ2n) is 7.56. The van der Waals surface area contributed by atoms with Crippen molar-refractivity contribution in [2.24, 2.45) is 0 Å². The first-order chi connectivity index (χ1) is 14.8. The number of rotatable bonds is 4. The third kappa shape index (κ3) is 5.06. The van der Waals surface area contributed by atoms with Crippen LogP contribution in [0.25, 0.3) is 5.69 Å². The summed E-state index contributed by atoms with van der Waals surface area (Å²) in [6.07, 6.45) is 5.10. The maximum absolute atomic E-state index is 13.5. The number of aromatic nitrogens is 2. The predicted molar refractivity (Wildman–Crippen MR) is 113 cm³/mol. The fraction of sp³-hybridized carbons (Fsp3) is 0.500. The number of hydrogen-bond acceptors (Lipinski definition) is 7. The molecule has 2 aliphatic rings. The van der Waals surface area contributed by atoms with E-state index >= 15 is 0 Å². The van der Waals surface area contributed by atoms with Gasteiger partial charge in [0.1, 0.15) is 10.6 Å². The molecular formula is C20H28N4O6S. The monoisotopic (exact) mass is 452 g/mol. The number of methoxy groups -OCH3 is 1. The van der Waals surface area contributed by atoms with Gasteiger partial charge in [-0.1, -0.05) is 0 Å². The second kappa shape index (κ2) is 9.77. The van der Waals surface area contributed by atoms with E-state index in [9.17, 15) is 8.42 Å². The van der Waals surface area contributed by atoms with Crippen molar-refractivity contribution < 1.29 is 27.8 Å². The molecule has 2 fully saturated rings. The molecule has 2 aliphatic heterocycles. The van der Waals surface area contributed by atoms with Gasteiger partial charge in [0.05, 0.1) is 25.0 Å². The fourth-order valence-corrected chi connectivity index (χ4v) is 5.59. The van der Waals surface area contributed by atoms with Crippen LogP contribution in [0, 0.1) is 0 Å². The van der Waals surface area contributed by atoms with Crippen molar-refractivity contribution >= 4 is 16.5 Å². The first-order valence-corrected chi connectivity index (χ1v) is 11.4. The normalized spacial score (nSPS) is 19.4. The molecule has 1 aromatic carbocycles. The maximum Gasteiger partial charge on any atom is 0.290 e. The van der Waals surface area contributed by atoms with Crippen LogP contribution in [0.5, 0.6) is 5.75 Å². The van der Waals surface area contributed by atoms with Crippen molar-refractivity contribution in [3.8, 4) is 11.4 Å². The molecule has 0 bridgehead atoms. The lowest BCUT2D eigenvalue weighted by molar-refractivity contribution is -0.122. The summed E-state index contributed by atoms with van der Waals surface area (Å²) in [5.41, 5.74) is 0.275. The summed E-state index contributed by atoms with van der Waals surface area (Å²) in [5.74, 6) is 0.333. The molecule has 1 aromatic heterocycles. The highest BCUT2D eigenvalue weighted by Crippen LogP contribution is 2.35. The largest absolute Gasteiger partial charge is 0.495 e. The number of nitrogens with zero attached hydrogens (tertiary/aromatic N) is 4. The molecule has 10 nitrogen and oxygen atoms in total. The molecule has 1 spiro atoms. The summed E-state index contributed by atoms with van der Waals surface area (Å²) in [6, 6.07) is 6.89. The van der Waals surface area contributed by atoms with Gasteiger partial charge in [-0.25, -0.2) is 13.1 Å². The molecule has 0 saturated carbocycles. The Morgan fingerprint density at radius 2 is 1.97 bits per heavy atom. The number of carbonyl (C=O) groups is 1. The summed E-state index contributed by atoms with van der Waals surface area (Å²) in [7, 11) is -0.169. The van der Waals surface area contributed by atoms with Crippen molar-refractivity contribution in [1.29, 1.82) is 0 Å². The number of likely N-dealkylation sites (tertiary alicyclic amines) is 1. The van der Waals surface area contributed by atoms with Gasteiger partial charge in [-0.2, -0.15) is 9.40 Å². The molecule has 11 heteroatoms. The van der Waals surface area contributed by atoms with Gasteiger partial charge in [0.2, 0.25) is 10.0 Å². The molecule has 0 aliphatic carbocycles. The van der Waals surface area contributed by atoms with Crippen LogP contribution >= 0.6 is 0 Å². The summed E-state index contributed by atoms with van der Waals surface area (Å²) in [5, 5.41) is 11.1. The summed E-state index contributed by atoms with van der Waals surface area (Å²) in [4.78, 5) is 10.8. The summed E-state index contributed by atoms with van der Waals surface area (Å²) in [6.45, 7) is 2.69. The minimum absolute atomic E-state index is 0.160. The van der Waals surface area contributed by atoms with Crippen molar-refractivity contribution in [3.63, 3.8) is 0 Å². The molecule has 3 heterocycles. The molecule has 170 valence electrons. The molecule has 4 rings (SSSR count). The summed E-state index contributed by atoms with van der Waals surface area (Å²) < 4.78 is 41.7. The van der Waals surface area contributed by atoms with E-state index in [0.29, 0.717) is 31.1 Å². The Morgan fingerprint density at radius 1 is 1.26 bits per heavy atom. The van der Waals surface area contributed by atoms with E-state index in [0.717, 1.165) is 25.9 Å². The van der Waals surface area contributed by atoms with Crippen LogP contribution < -0.4 is 4.74 Å². The molecule has 2 aromatic rings. The Hall–Kier alpha value is -2.47. The highest BCUT2D eigenvalue weighted by molar-refractivity contribution is 7.89. The lowest BCUT2D eigenvalue weighted by Crippen LogP contribution is -2.57. The first-order valence-electron chi connectivity index (χ1n) is 9.94. The van der Waals surface area contributed by atoms with E-state index in [1.54, 1.807) is 45.6 Å². The minimum Gasteiger partial charge on any atom is -0.495 e. The van der Waals surface area contributed by atoms with E-state index in [2.05, 4.69) is 17.0 Å². The zero-order chi connectivity index (χ0) is 22.5. The molecule has 0 amide bonds. The number of piperidine rings is 1. The van der Waals surface area contributed by atoms with Gasteiger partial charge in [0, 0.05) is 38.6 Å². The topological polar surface area (TPSA) is 114 Å². The lowest BCUT2D eigenvalue weighted by atomic mass is 9.90. The van der Waals surface area contributed by atoms with Crippen LogP contribution in [0.2, 0.25) is 0 Å². The van der Waals surface area contributed by atoms with Gasteiger partial charge in [0.15, 0.2) is 0 Å². The zero-order valence-electron chi connectivity index (χ0n) is 17.7. The van der Waals surface area contributed by atoms with Crippen molar-refractivity contribution in [3.05, 3.63) is 36.7 Å². The highest BCUT2D eigenvalue weighted by Gasteiger charge is 2.43. The summed E-state index contributed by atoms with van der Waals surface area (Å²) >= 11 is 0. The minimum atomic E-state index is -3.73. The molecule has 0 atom stereocenters. The number of sulfonamides is 1. The smallest absolute Gasteiger partial charge is 0.290 e. The number of hydrogen-bond donors (Lipinski definition) is 1. The zero-order valence-corrected chi connectivity index (χ0v) is 18.5. The van der Waals surface area contributed by atoms with Crippen molar-refractivity contribution in [2.45, 2.75) is 23.3 Å². The standard InChI is InChI=1S/C19H26N4O4S.CH2O2/c1-21-10-6-19(7-11-21)15-22(12-13-27-19)28(24,25)18-14-16(4-5-17(18)26-2)23-9-3-8-20-23;2-1-3/h3-5,8-9,14H,6-7,10-13,15H2,1-2H3;1H,(H,2,3). The number of ether oxygens (including phenoxy) is 2. The van der Waals surface area contributed by atoms with Gasteiger partial charge < -0.3 is 19.5 Å².